The number of carboxylic acid groups (broad SMARTS) is 2. The van der Waals surface area contributed by atoms with Gasteiger partial charge >= 0.3 is 11.9 Å². The molecule has 0 spiro atoms. The van der Waals surface area contributed by atoms with E-state index in [2.05, 4.69) is 15.9 Å². The summed E-state index contributed by atoms with van der Waals surface area (Å²) in [5.74, 6) is -3.35. The maximum Gasteiger partial charge on any atom is 0.314 e. The highest BCUT2D eigenvalue weighted by atomic mass is 79.9. The first-order valence-electron chi connectivity index (χ1n) is 4.12. The van der Waals surface area contributed by atoms with Gasteiger partial charge in [0.05, 0.1) is 6.42 Å². The summed E-state index contributed by atoms with van der Waals surface area (Å²) in [6.07, 6.45) is -0.490. The van der Waals surface area contributed by atoms with Crippen LogP contribution in [0.1, 0.15) is 23.7 Å². The summed E-state index contributed by atoms with van der Waals surface area (Å²) in [6, 6.07) is 1.60. The first-order chi connectivity index (χ1) is 6.91. The van der Waals surface area contributed by atoms with Gasteiger partial charge in [-0.1, -0.05) is 0 Å². The maximum atomic E-state index is 10.9. The van der Waals surface area contributed by atoms with Crippen LogP contribution in [0.25, 0.3) is 0 Å². The Morgan fingerprint density at radius 2 is 2.13 bits per heavy atom. The van der Waals surface area contributed by atoms with Gasteiger partial charge in [-0.05, 0) is 34.5 Å². The average Bonchev–Trinajstić information content (AvgIpc) is 2.40. The Labute approximate surface area is 93.8 Å². The number of aliphatic carboxylic acids is 2. The molecule has 1 heterocycles. The van der Waals surface area contributed by atoms with Gasteiger partial charge in [0.2, 0.25) is 0 Å². The molecule has 82 valence electrons. The molecule has 0 amide bonds. The minimum atomic E-state index is -1.21. The number of carboxylic acids is 2. The van der Waals surface area contributed by atoms with Gasteiger partial charge in [0, 0.05) is 0 Å². The van der Waals surface area contributed by atoms with E-state index >= 15 is 0 Å². The lowest BCUT2D eigenvalue weighted by Gasteiger charge is -2.07. The van der Waals surface area contributed by atoms with E-state index in [1.807, 2.05) is 0 Å². The summed E-state index contributed by atoms with van der Waals surface area (Å²) in [5.41, 5.74) is 0.621. The summed E-state index contributed by atoms with van der Waals surface area (Å²) in [7, 11) is 0. The molecule has 0 aliphatic rings. The van der Waals surface area contributed by atoms with Crippen molar-refractivity contribution >= 4 is 27.9 Å². The minimum absolute atomic E-state index is 0.178. The number of hydrogen-bond donors (Lipinski definition) is 2. The smallest absolute Gasteiger partial charge is 0.314 e. The molecule has 1 rings (SSSR count). The number of hydrogen-bond acceptors (Lipinski definition) is 3. The lowest BCUT2D eigenvalue weighted by atomic mass is 10.00. The minimum Gasteiger partial charge on any atom is -0.481 e. The fourth-order valence-electron chi connectivity index (χ4n) is 1.27. The largest absolute Gasteiger partial charge is 0.481 e. The van der Waals surface area contributed by atoms with Crippen LogP contribution in [0.5, 0.6) is 0 Å². The van der Waals surface area contributed by atoms with Crippen LogP contribution >= 0.6 is 15.9 Å². The van der Waals surface area contributed by atoms with Gasteiger partial charge in [0.15, 0.2) is 4.67 Å². The van der Waals surface area contributed by atoms with Gasteiger partial charge in [0.1, 0.15) is 11.7 Å². The third kappa shape index (κ3) is 2.82. The van der Waals surface area contributed by atoms with E-state index in [0.717, 1.165) is 0 Å². The van der Waals surface area contributed by atoms with Crippen molar-refractivity contribution in [3.8, 4) is 0 Å². The second kappa shape index (κ2) is 4.48. The Bertz CT molecular complexity index is 395. The van der Waals surface area contributed by atoms with E-state index in [-0.39, 0.29) is 5.76 Å². The maximum absolute atomic E-state index is 10.9. The fraction of sp³-hybridized carbons (Fsp3) is 0.333. The molecule has 1 unspecified atom stereocenters. The standard InChI is InChI=1S/C9H9BrO5/c1-4-2-6(10)15-8(4)5(9(13)14)3-7(11)12/h2,5H,3H2,1H3,(H,11,12)(H,13,14). The van der Waals surface area contributed by atoms with Crippen molar-refractivity contribution in [2.24, 2.45) is 0 Å². The molecule has 2 N–H and O–H groups in total. The van der Waals surface area contributed by atoms with Crippen LogP contribution in [0, 0.1) is 6.92 Å². The number of aryl methyl sites for hydroxylation is 1. The summed E-state index contributed by atoms with van der Waals surface area (Å²) in [6.45, 7) is 1.67. The monoisotopic (exact) mass is 276 g/mol. The molecule has 0 aliphatic carbocycles. The van der Waals surface area contributed by atoms with E-state index in [1.54, 1.807) is 13.0 Å². The van der Waals surface area contributed by atoms with Crippen molar-refractivity contribution in [2.45, 2.75) is 19.3 Å². The van der Waals surface area contributed by atoms with Gasteiger partial charge in [0.25, 0.3) is 0 Å². The Balaban J connectivity index is 3.03. The van der Waals surface area contributed by atoms with Gasteiger partial charge in [-0.3, -0.25) is 9.59 Å². The molecule has 0 saturated heterocycles. The summed E-state index contributed by atoms with van der Waals surface area (Å²) in [5, 5.41) is 17.4. The molecule has 0 saturated carbocycles. The second-order valence-electron chi connectivity index (χ2n) is 3.09. The van der Waals surface area contributed by atoms with E-state index in [4.69, 9.17) is 14.6 Å². The highest BCUT2D eigenvalue weighted by Gasteiger charge is 2.28. The third-order valence-electron chi connectivity index (χ3n) is 1.92. The number of halogens is 1. The number of furan rings is 1. The van der Waals surface area contributed by atoms with Crippen LogP contribution in [0.3, 0.4) is 0 Å². The molecular weight excluding hydrogens is 268 g/mol. The normalized spacial score (nSPS) is 12.4. The molecule has 1 aromatic rings. The van der Waals surface area contributed by atoms with Crippen molar-refractivity contribution in [3.05, 3.63) is 22.1 Å². The van der Waals surface area contributed by atoms with Crippen LogP contribution in [0.2, 0.25) is 0 Å². The van der Waals surface area contributed by atoms with Gasteiger partial charge in [-0.2, -0.15) is 0 Å². The molecule has 1 atom stereocenters. The van der Waals surface area contributed by atoms with Crippen LogP contribution in [0.15, 0.2) is 15.2 Å². The predicted molar refractivity (Wildman–Crippen MR) is 53.8 cm³/mol. The van der Waals surface area contributed by atoms with Crippen LogP contribution in [-0.4, -0.2) is 22.2 Å². The van der Waals surface area contributed by atoms with E-state index in [0.29, 0.717) is 10.2 Å². The highest BCUT2D eigenvalue weighted by molar-refractivity contribution is 9.10. The average molecular weight is 277 g/mol. The predicted octanol–water partition coefficient (Wildman–Crippen LogP) is 1.99. The fourth-order valence-corrected chi connectivity index (χ4v) is 1.79. The van der Waals surface area contributed by atoms with Gasteiger partial charge in [-0.25, -0.2) is 0 Å². The van der Waals surface area contributed by atoms with Crippen LogP contribution in [0.4, 0.5) is 0 Å². The van der Waals surface area contributed by atoms with Crippen molar-refractivity contribution in [2.75, 3.05) is 0 Å². The summed E-state index contributed by atoms with van der Waals surface area (Å²) in [4.78, 5) is 21.3. The zero-order valence-corrected chi connectivity index (χ0v) is 9.44. The Morgan fingerprint density at radius 1 is 1.53 bits per heavy atom. The summed E-state index contributed by atoms with van der Waals surface area (Å²) < 4.78 is 5.51. The Kier molecular flexibility index (Phi) is 3.52. The molecular formula is C9H9BrO5. The number of rotatable bonds is 4. The molecule has 6 heteroatoms. The molecule has 0 aromatic carbocycles. The Hall–Kier alpha value is -1.30. The summed E-state index contributed by atoms with van der Waals surface area (Å²) >= 11 is 3.06. The third-order valence-corrected chi connectivity index (χ3v) is 2.31. The number of carbonyl (C=O) groups is 2. The quantitative estimate of drug-likeness (QED) is 0.878. The zero-order valence-electron chi connectivity index (χ0n) is 7.86. The van der Waals surface area contributed by atoms with Crippen molar-refractivity contribution in [3.63, 3.8) is 0 Å². The van der Waals surface area contributed by atoms with Gasteiger partial charge in [-0.15, -0.1) is 0 Å². The molecule has 0 fully saturated rings. The molecule has 0 aliphatic heterocycles. The first kappa shape index (κ1) is 11.8. The molecule has 1 aromatic heterocycles. The molecule has 5 nitrogen and oxygen atoms in total. The zero-order chi connectivity index (χ0) is 11.6. The molecule has 0 radical (unpaired) electrons. The Morgan fingerprint density at radius 3 is 2.47 bits per heavy atom. The first-order valence-corrected chi connectivity index (χ1v) is 4.91. The van der Waals surface area contributed by atoms with Gasteiger partial charge < -0.3 is 14.6 Å². The lowest BCUT2D eigenvalue weighted by Crippen LogP contribution is -2.16. The van der Waals surface area contributed by atoms with E-state index in [9.17, 15) is 9.59 Å². The lowest BCUT2D eigenvalue weighted by molar-refractivity contribution is -0.145. The second-order valence-corrected chi connectivity index (χ2v) is 3.87. The topological polar surface area (TPSA) is 87.7 Å². The van der Waals surface area contributed by atoms with E-state index < -0.39 is 24.3 Å². The molecule has 15 heavy (non-hydrogen) atoms. The SMILES string of the molecule is Cc1cc(Br)oc1C(CC(=O)O)C(=O)O. The van der Waals surface area contributed by atoms with Crippen LogP contribution in [-0.2, 0) is 9.59 Å². The van der Waals surface area contributed by atoms with Crippen molar-refractivity contribution in [1.29, 1.82) is 0 Å². The van der Waals surface area contributed by atoms with Crippen molar-refractivity contribution in [1.82, 2.24) is 0 Å². The molecule has 0 bridgehead atoms. The van der Waals surface area contributed by atoms with E-state index in [1.165, 1.54) is 0 Å². The van der Waals surface area contributed by atoms with Crippen LogP contribution < -0.4 is 0 Å². The van der Waals surface area contributed by atoms with Crippen molar-refractivity contribution < 1.29 is 24.2 Å². The highest BCUT2D eigenvalue weighted by Crippen LogP contribution is 2.28.